The molecule has 1 heterocycles. The average molecular weight is 304 g/mol. The van der Waals surface area contributed by atoms with Crippen LogP contribution < -0.4 is 10.1 Å². The summed E-state index contributed by atoms with van der Waals surface area (Å²) in [5.74, 6) is -0.0272. The van der Waals surface area contributed by atoms with Crippen LogP contribution in [0.2, 0.25) is 0 Å². The van der Waals surface area contributed by atoms with Gasteiger partial charge in [-0.25, -0.2) is 0 Å². The van der Waals surface area contributed by atoms with Crippen molar-refractivity contribution in [3.05, 3.63) is 56.8 Å². The minimum absolute atomic E-state index is 0.117. The van der Waals surface area contributed by atoms with E-state index < -0.39 is 4.92 Å². The van der Waals surface area contributed by atoms with Crippen molar-refractivity contribution < 1.29 is 14.5 Å². The number of carbonyl (C=O) groups is 1. The maximum Gasteiger partial charge on any atom is 0.271 e. The van der Waals surface area contributed by atoms with Crippen molar-refractivity contribution in [1.82, 2.24) is 0 Å². The number of nitro groups is 1. The van der Waals surface area contributed by atoms with Crippen LogP contribution in [0.1, 0.15) is 4.88 Å². The number of carbonyl (C=O) groups excluding carboxylic acids is 1. The molecule has 0 atom stereocenters. The molecule has 21 heavy (non-hydrogen) atoms. The molecule has 7 heteroatoms. The number of methoxy groups -OCH3 is 1. The summed E-state index contributed by atoms with van der Waals surface area (Å²) in [4.78, 5) is 23.0. The fourth-order valence-corrected chi connectivity index (χ4v) is 2.24. The topological polar surface area (TPSA) is 81.5 Å². The van der Waals surface area contributed by atoms with Gasteiger partial charge in [-0.3, -0.25) is 14.9 Å². The Bertz CT molecular complexity index is 680. The molecule has 1 amide bonds. The van der Waals surface area contributed by atoms with Crippen LogP contribution in [0.25, 0.3) is 6.08 Å². The summed E-state index contributed by atoms with van der Waals surface area (Å²) in [5.41, 5.74) is 0.140. The maximum absolute atomic E-state index is 11.8. The van der Waals surface area contributed by atoms with E-state index in [2.05, 4.69) is 5.32 Å². The molecule has 2 rings (SSSR count). The highest BCUT2D eigenvalue weighted by atomic mass is 32.1. The molecule has 1 aromatic heterocycles. The zero-order valence-electron chi connectivity index (χ0n) is 11.1. The number of anilines is 1. The summed E-state index contributed by atoms with van der Waals surface area (Å²) >= 11 is 1.50. The third kappa shape index (κ3) is 3.90. The normalized spacial score (nSPS) is 10.5. The predicted molar refractivity (Wildman–Crippen MR) is 81.6 cm³/mol. The van der Waals surface area contributed by atoms with Crippen LogP contribution in [-0.2, 0) is 4.79 Å². The molecule has 0 saturated carbocycles. The molecule has 2 aromatic rings. The highest BCUT2D eigenvalue weighted by Crippen LogP contribution is 2.28. The monoisotopic (exact) mass is 304 g/mol. The Morgan fingerprint density at radius 3 is 2.86 bits per heavy atom. The van der Waals surface area contributed by atoms with Gasteiger partial charge in [0, 0.05) is 23.1 Å². The van der Waals surface area contributed by atoms with Crippen molar-refractivity contribution in [3.8, 4) is 5.75 Å². The smallest absolute Gasteiger partial charge is 0.271 e. The summed E-state index contributed by atoms with van der Waals surface area (Å²) in [6.45, 7) is 0. The van der Waals surface area contributed by atoms with Gasteiger partial charge in [0.1, 0.15) is 5.75 Å². The molecular formula is C14H12N2O4S. The summed E-state index contributed by atoms with van der Waals surface area (Å²) in [7, 11) is 1.43. The van der Waals surface area contributed by atoms with Crippen LogP contribution in [-0.4, -0.2) is 17.9 Å². The van der Waals surface area contributed by atoms with Crippen LogP contribution in [0.5, 0.6) is 5.75 Å². The van der Waals surface area contributed by atoms with Gasteiger partial charge in [0.25, 0.3) is 5.69 Å². The summed E-state index contributed by atoms with van der Waals surface area (Å²) in [6, 6.07) is 7.77. The van der Waals surface area contributed by atoms with Crippen molar-refractivity contribution >= 4 is 34.7 Å². The van der Waals surface area contributed by atoms with Crippen molar-refractivity contribution in [3.63, 3.8) is 0 Å². The second-order valence-corrected chi connectivity index (χ2v) is 4.96. The number of hydrogen-bond acceptors (Lipinski definition) is 5. The standard InChI is InChI=1S/C14H12N2O4S/c1-20-13-6-4-10(16(18)19)9-12(13)15-14(17)7-5-11-3-2-8-21-11/h2-9H,1H3,(H,15,17). The Morgan fingerprint density at radius 2 is 2.24 bits per heavy atom. The van der Waals surface area contributed by atoms with Gasteiger partial charge in [0.2, 0.25) is 5.91 Å². The van der Waals surface area contributed by atoms with E-state index in [0.29, 0.717) is 5.75 Å². The minimum atomic E-state index is -0.531. The number of nitrogens with zero attached hydrogens (tertiary/aromatic N) is 1. The molecule has 1 N–H and O–H groups in total. The van der Waals surface area contributed by atoms with E-state index in [0.717, 1.165) is 4.88 Å². The van der Waals surface area contributed by atoms with Crippen LogP contribution in [0.4, 0.5) is 11.4 Å². The van der Waals surface area contributed by atoms with Gasteiger partial charge in [-0.05, 0) is 23.6 Å². The number of thiophene rings is 1. The molecule has 108 valence electrons. The third-order valence-corrected chi connectivity index (χ3v) is 3.43. The first-order valence-electron chi connectivity index (χ1n) is 5.95. The van der Waals surface area contributed by atoms with Gasteiger partial charge in [0.15, 0.2) is 0 Å². The molecule has 0 saturated heterocycles. The number of nitro benzene ring substituents is 1. The highest BCUT2D eigenvalue weighted by Gasteiger charge is 2.12. The van der Waals surface area contributed by atoms with E-state index in [-0.39, 0.29) is 17.3 Å². The van der Waals surface area contributed by atoms with Crippen LogP contribution in [0.15, 0.2) is 41.8 Å². The van der Waals surface area contributed by atoms with E-state index in [1.165, 1.54) is 42.7 Å². The first-order chi connectivity index (χ1) is 10.1. The molecule has 0 aliphatic carbocycles. The van der Waals surface area contributed by atoms with Crippen LogP contribution in [0, 0.1) is 10.1 Å². The molecule has 1 aromatic carbocycles. The number of benzene rings is 1. The van der Waals surface area contributed by atoms with Gasteiger partial charge >= 0.3 is 0 Å². The third-order valence-electron chi connectivity index (χ3n) is 2.59. The number of rotatable bonds is 5. The first kappa shape index (κ1) is 14.7. The highest BCUT2D eigenvalue weighted by molar-refractivity contribution is 7.10. The Morgan fingerprint density at radius 1 is 1.43 bits per heavy atom. The molecule has 0 aliphatic heterocycles. The Hall–Kier alpha value is -2.67. The van der Waals surface area contributed by atoms with Crippen molar-refractivity contribution in [2.24, 2.45) is 0 Å². The molecule has 0 aliphatic rings. The van der Waals surface area contributed by atoms with Crippen LogP contribution in [0.3, 0.4) is 0 Å². The van der Waals surface area contributed by atoms with E-state index in [4.69, 9.17) is 4.74 Å². The van der Waals surface area contributed by atoms with Gasteiger partial charge in [-0.2, -0.15) is 0 Å². The summed E-state index contributed by atoms with van der Waals surface area (Å²) in [5, 5.41) is 15.2. The van der Waals surface area contributed by atoms with Gasteiger partial charge in [-0.15, -0.1) is 11.3 Å². The number of hydrogen-bond donors (Lipinski definition) is 1. The van der Waals surface area contributed by atoms with Crippen molar-refractivity contribution in [1.29, 1.82) is 0 Å². The van der Waals surface area contributed by atoms with Gasteiger partial charge < -0.3 is 10.1 Å². The lowest BCUT2D eigenvalue weighted by molar-refractivity contribution is -0.384. The minimum Gasteiger partial charge on any atom is -0.495 e. The fourth-order valence-electron chi connectivity index (χ4n) is 1.63. The zero-order chi connectivity index (χ0) is 15.2. The molecule has 0 spiro atoms. The Balaban J connectivity index is 2.15. The number of nitrogens with one attached hydrogen (secondary N) is 1. The van der Waals surface area contributed by atoms with E-state index in [1.807, 2.05) is 17.5 Å². The molecule has 0 bridgehead atoms. The second-order valence-electron chi connectivity index (χ2n) is 3.98. The number of ether oxygens (including phenoxy) is 1. The van der Waals surface area contributed by atoms with Gasteiger partial charge in [0.05, 0.1) is 17.7 Å². The lowest BCUT2D eigenvalue weighted by Crippen LogP contribution is -2.09. The second kappa shape index (κ2) is 6.67. The van der Waals surface area contributed by atoms with Crippen molar-refractivity contribution in [2.45, 2.75) is 0 Å². The lowest BCUT2D eigenvalue weighted by Gasteiger charge is -2.08. The molecular weight excluding hydrogens is 292 g/mol. The quantitative estimate of drug-likeness (QED) is 0.522. The van der Waals surface area contributed by atoms with Crippen molar-refractivity contribution in [2.75, 3.05) is 12.4 Å². The molecule has 0 fully saturated rings. The SMILES string of the molecule is COc1ccc([N+](=O)[O-])cc1NC(=O)C=Cc1cccs1. The predicted octanol–water partition coefficient (Wildman–Crippen LogP) is 3.32. The van der Waals surface area contributed by atoms with Crippen LogP contribution >= 0.6 is 11.3 Å². The number of amides is 1. The largest absolute Gasteiger partial charge is 0.495 e. The molecule has 6 nitrogen and oxygen atoms in total. The summed E-state index contributed by atoms with van der Waals surface area (Å²) in [6.07, 6.45) is 3.04. The Labute approximate surface area is 124 Å². The molecule has 0 unspecified atom stereocenters. The average Bonchev–Trinajstić information content (AvgIpc) is 2.98. The summed E-state index contributed by atoms with van der Waals surface area (Å²) < 4.78 is 5.07. The van der Waals surface area contributed by atoms with E-state index in [9.17, 15) is 14.9 Å². The van der Waals surface area contributed by atoms with E-state index >= 15 is 0 Å². The first-order valence-corrected chi connectivity index (χ1v) is 6.83. The lowest BCUT2D eigenvalue weighted by atomic mass is 10.2. The zero-order valence-corrected chi connectivity index (χ0v) is 11.9. The maximum atomic E-state index is 11.8. The fraction of sp³-hybridized carbons (Fsp3) is 0.0714. The Kier molecular flexibility index (Phi) is 4.68. The van der Waals surface area contributed by atoms with E-state index in [1.54, 1.807) is 6.08 Å². The molecule has 0 radical (unpaired) electrons. The number of non-ortho nitro benzene ring substituents is 1. The van der Waals surface area contributed by atoms with Gasteiger partial charge in [-0.1, -0.05) is 6.07 Å².